The molecule has 2 aliphatic heterocycles. The maximum Gasteiger partial charge on any atom is 0.338 e. The zero-order valence-corrected chi connectivity index (χ0v) is 16.9. The second-order valence-corrected chi connectivity index (χ2v) is 9.15. The maximum absolute atomic E-state index is 12.5. The van der Waals surface area contributed by atoms with Crippen LogP contribution in [-0.4, -0.2) is 67.7 Å². The van der Waals surface area contributed by atoms with Crippen LogP contribution in [0.25, 0.3) is 0 Å². The van der Waals surface area contributed by atoms with Crippen molar-refractivity contribution in [3.8, 4) is 0 Å². The third kappa shape index (κ3) is 4.76. The molecular weight excluding hydrogens is 398 g/mol. The third-order valence-corrected chi connectivity index (χ3v) is 7.18. The molecule has 9 nitrogen and oxygen atoms in total. The van der Waals surface area contributed by atoms with Gasteiger partial charge in [-0.05, 0) is 56.4 Å². The minimum absolute atomic E-state index is 0.115. The number of hydrogen-bond acceptors (Lipinski definition) is 6. The zero-order valence-electron chi connectivity index (χ0n) is 16.1. The number of sulfonamides is 1. The van der Waals surface area contributed by atoms with Crippen molar-refractivity contribution in [2.24, 2.45) is 5.73 Å². The van der Waals surface area contributed by atoms with Gasteiger partial charge in [0.15, 0.2) is 6.61 Å². The van der Waals surface area contributed by atoms with Gasteiger partial charge in [-0.1, -0.05) is 0 Å². The van der Waals surface area contributed by atoms with Crippen LogP contribution in [0.5, 0.6) is 0 Å². The molecule has 2 N–H and O–H groups in total. The molecule has 158 valence electrons. The third-order valence-electron chi connectivity index (χ3n) is 5.27. The largest absolute Gasteiger partial charge is 0.452 e. The summed E-state index contributed by atoms with van der Waals surface area (Å²) in [5.41, 5.74) is 5.49. The number of piperidine rings is 1. The zero-order chi connectivity index (χ0) is 21.0. The standard InChI is InChI=1S/C19H25N3O6S/c20-18(24)16-5-1-2-12-22(16)17(23)13-28-19(25)14-6-8-15(9-7-14)29(26,27)21-10-3-4-11-21/h6-9,16H,1-5,10-13H2,(H2,20,24)/t16-/m0/s1. The van der Waals surface area contributed by atoms with Crippen LogP contribution in [-0.2, 0) is 24.3 Å². The molecular formula is C19H25N3O6S. The summed E-state index contributed by atoms with van der Waals surface area (Å²) in [5, 5.41) is 0. The molecule has 1 aromatic carbocycles. The van der Waals surface area contributed by atoms with Crippen molar-refractivity contribution < 1.29 is 27.5 Å². The summed E-state index contributed by atoms with van der Waals surface area (Å²) < 4.78 is 31.5. The minimum atomic E-state index is -3.56. The monoisotopic (exact) mass is 423 g/mol. The van der Waals surface area contributed by atoms with Crippen molar-refractivity contribution in [1.82, 2.24) is 9.21 Å². The predicted molar refractivity (Wildman–Crippen MR) is 103 cm³/mol. The Morgan fingerprint density at radius 2 is 1.62 bits per heavy atom. The van der Waals surface area contributed by atoms with Crippen LogP contribution in [0, 0.1) is 0 Å². The van der Waals surface area contributed by atoms with Crippen molar-refractivity contribution in [3.05, 3.63) is 29.8 Å². The van der Waals surface area contributed by atoms with Gasteiger partial charge in [-0.2, -0.15) is 4.31 Å². The van der Waals surface area contributed by atoms with Crippen LogP contribution in [0.3, 0.4) is 0 Å². The molecule has 2 aliphatic rings. The van der Waals surface area contributed by atoms with E-state index in [0.717, 1.165) is 25.7 Å². The molecule has 0 radical (unpaired) electrons. The number of amides is 2. The highest BCUT2D eigenvalue weighted by molar-refractivity contribution is 7.89. The second kappa shape index (κ2) is 8.91. The molecule has 0 spiro atoms. The number of ether oxygens (including phenoxy) is 1. The van der Waals surface area contributed by atoms with Gasteiger partial charge in [0.25, 0.3) is 5.91 Å². The lowest BCUT2D eigenvalue weighted by atomic mass is 10.0. The van der Waals surface area contributed by atoms with Crippen LogP contribution >= 0.6 is 0 Å². The molecule has 0 unspecified atom stereocenters. The highest BCUT2D eigenvalue weighted by atomic mass is 32.2. The van der Waals surface area contributed by atoms with Crippen LogP contribution in [0.2, 0.25) is 0 Å². The number of benzene rings is 1. The van der Waals surface area contributed by atoms with E-state index in [9.17, 15) is 22.8 Å². The first-order valence-electron chi connectivity index (χ1n) is 9.67. The lowest BCUT2D eigenvalue weighted by Gasteiger charge is -2.33. The molecule has 10 heteroatoms. The minimum Gasteiger partial charge on any atom is -0.452 e. The first-order chi connectivity index (χ1) is 13.8. The Balaban J connectivity index is 1.59. The number of carbonyl (C=O) groups is 3. The summed E-state index contributed by atoms with van der Waals surface area (Å²) in [6.07, 6.45) is 3.75. The number of hydrogen-bond donors (Lipinski definition) is 1. The normalized spacial score (nSPS) is 20.4. The second-order valence-electron chi connectivity index (χ2n) is 7.21. The Hall–Kier alpha value is -2.46. The molecule has 29 heavy (non-hydrogen) atoms. The highest BCUT2D eigenvalue weighted by Crippen LogP contribution is 2.21. The van der Waals surface area contributed by atoms with Crippen LogP contribution in [0.1, 0.15) is 42.5 Å². The van der Waals surface area contributed by atoms with Gasteiger partial charge >= 0.3 is 5.97 Å². The smallest absolute Gasteiger partial charge is 0.338 e. The van der Waals surface area contributed by atoms with Crippen LogP contribution in [0.15, 0.2) is 29.2 Å². The molecule has 1 aromatic rings. The van der Waals surface area contributed by atoms with Gasteiger partial charge in [0.05, 0.1) is 10.5 Å². The summed E-state index contributed by atoms with van der Waals surface area (Å²) in [6.45, 7) is 0.886. The summed E-state index contributed by atoms with van der Waals surface area (Å²) in [6, 6.07) is 4.77. The van der Waals surface area contributed by atoms with Crippen molar-refractivity contribution in [3.63, 3.8) is 0 Å². The molecule has 3 rings (SSSR count). The number of primary amides is 1. The molecule has 2 fully saturated rings. The van der Waals surface area contributed by atoms with E-state index in [2.05, 4.69) is 0 Å². The Bertz CT molecular complexity index is 878. The van der Waals surface area contributed by atoms with Gasteiger partial charge in [-0.25, -0.2) is 13.2 Å². The van der Waals surface area contributed by atoms with E-state index < -0.39 is 40.5 Å². The van der Waals surface area contributed by atoms with Crippen LogP contribution in [0.4, 0.5) is 0 Å². The van der Waals surface area contributed by atoms with Gasteiger partial charge < -0.3 is 15.4 Å². The Morgan fingerprint density at radius 3 is 2.24 bits per heavy atom. The van der Waals surface area contributed by atoms with Gasteiger partial charge in [0, 0.05) is 19.6 Å². The number of nitrogens with two attached hydrogens (primary N) is 1. The lowest BCUT2D eigenvalue weighted by Crippen LogP contribution is -2.51. The quantitative estimate of drug-likeness (QED) is 0.664. The molecule has 2 heterocycles. The number of likely N-dealkylation sites (tertiary alicyclic amines) is 1. The van der Waals surface area contributed by atoms with Gasteiger partial charge in [0.2, 0.25) is 15.9 Å². The van der Waals surface area contributed by atoms with E-state index in [-0.39, 0.29) is 10.5 Å². The van der Waals surface area contributed by atoms with E-state index >= 15 is 0 Å². The van der Waals surface area contributed by atoms with E-state index in [0.29, 0.717) is 26.1 Å². The number of carbonyl (C=O) groups excluding carboxylic acids is 3. The molecule has 0 aromatic heterocycles. The van der Waals surface area contributed by atoms with Crippen molar-refractivity contribution >= 4 is 27.8 Å². The molecule has 0 aliphatic carbocycles. The number of rotatable bonds is 6. The predicted octanol–water partition coefficient (Wildman–Crippen LogP) is 0.494. The van der Waals surface area contributed by atoms with Crippen molar-refractivity contribution in [2.75, 3.05) is 26.2 Å². The summed E-state index contributed by atoms with van der Waals surface area (Å²) in [7, 11) is -3.56. The maximum atomic E-state index is 12.5. The Kier molecular flexibility index (Phi) is 6.53. The van der Waals surface area contributed by atoms with Crippen molar-refractivity contribution in [2.45, 2.75) is 43.0 Å². The summed E-state index contributed by atoms with van der Waals surface area (Å²) >= 11 is 0. The molecule has 1 atom stereocenters. The average molecular weight is 423 g/mol. The van der Waals surface area contributed by atoms with Gasteiger partial charge in [-0.3, -0.25) is 9.59 Å². The summed E-state index contributed by atoms with van der Waals surface area (Å²) in [5.74, 6) is -1.79. The van der Waals surface area contributed by atoms with Gasteiger partial charge in [0.1, 0.15) is 6.04 Å². The van der Waals surface area contributed by atoms with E-state index in [1.165, 1.54) is 33.5 Å². The van der Waals surface area contributed by atoms with Crippen molar-refractivity contribution in [1.29, 1.82) is 0 Å². The highest BCUT2D eigenvalue weighted by Gasteiger charge is 2.31. The fourth-order valence-corrected chi connectivity index (χ4v) is 5.18. The molecule has 0 saturated carbocycles. The first kappa shape index (κ1) is 21.3. The van der Waals surface area contributed by atoms with E-state index in [1.807, 2.05) is 0 Å². The summed E-state index contributed by atoms with van der Waals surface area (Å²) in [4.78, 5) is 37.5. The average Bonchev–Trinajstić information content (AvgIpc) is 3.27. The molecule has 2 amide bonds. The number of esters is 1. The topological polar surface area (TPSA) is 127 Å². The van der Waals surface area contributed by atoms with Crippen LogP contribution < -0.4 is 5.73 Å². The SMILES string of the molecule is NC(=O)[C@@H]1CCCCN1C(=O)COC(=O)c1ccc(S(=O)(=O)N2CCCC2)cc1. The van der Waals surface area contributed by atoms with E-state index in [1.54, 1.807) is 0 Å². The Labute approximate surface area is 169 Å². The first-order valence-corrected chi connectivity index (χ1v) is 11.1. The lowest BCUT2D eigenvalue weighted by molar-refractivity contribution is -0.143. The van der Waals surface area contributed by atoms with Gasteiger partial charge in [-0.15, -0.1) is 0 Å². The fraction of sp³-hybridized carbons (Fsp3) is 0.526. The number of nitrogens with zero attached hydrogens (tertiary/aromatic N) is 2. The fourth-order valence-electron chi connectivity index (χ4n) is 3.66. The molecule has 2 saturated heterocycles. The van der Waals surface area contributed by atoms with E-state index in [4.69, 9.17) is 10.5 Å². The molecule has 0 bridgehead atoms. The Morgan fingerprint density at radius 1 is 1.00 bits per heavy atom.